The zero-order chi connectivity index (χ0) is 28.4. The normalized spacial score (nSPS) is 43.9. The number of methoxy groups -OCH3 is 2. The Morgan fingerprint density at radius 2 is 1.21 bits per heavy atom. The van der Waals surface area contributed by atoms with E-state index in [1.165, 1.54) is 63.9 Å². The topological polar surface area (TPSA) is 66.0 Å². The van der Waals surface area contributed by atoms with E-state index in [-0.39, 0.29) is 0 Å². The summed E-state index contributed by atoms with van der Waals surface area (Å²) in [6.45, 7) is 5.33. The molecule has 10 rings (SSSR count). The second kappa shape index (κ2) is 7.34. The lowest BCUT2D eigenvalue weighted by molar-refractivity contribution is -0.249. The predicted molar refractivity (Wildman–Crippen MR) is 161 cm³/mol. The fourth-order valence-corrected chi connectivity index (χ4v) is 14.3. The third kappa shape index (κ3) is 2.17. The lowest BCUT2D eigenvalue weighted by Crippen LogP contribution is -2.69. The Kier molecular flexibility index (Phi) is 4.19. The van der Waals surface area contributed by atoms with E-state index in [1.807, 2.05) is 14.2 Å². The first-order valence-electron chi connectivity index (χ1n) is 16.1. The van der Waals surface area contributed by atoms with Crippen LogP contribution in [0.15, 0.2) is 47.5 Å². The summed E-state index contributed by atoms with van der Waals surface area (Å²) in [7, 11) is 3.72. The summed E-state index contributed by atoms with van der Waals surface area (Å²) in [5, 5.41) is 24.6. The fourth-order valence-electron chi connectivity index (χ4n) is 14.3. The van der Waals surface area contributed by atoms with Crippen LogP contribution in [-0.4, -0.2) is 14.2 Å². The van der Waals surface area contributed by atoms with Crippen LogP contribution in [0.25, 0.3) is 21.5 Å². The van der Waals surface area contributed by atoms with Crippen LogP contribution in [0.4, 0.5) is 0 Å². The maximum Gasteiger partial charge on any atom is 0.130 e. The van der Waals surface area contributed by atoms with Gasteiger partial charge in [-0.25, -0.2) is 0 Å². The molecule has 4 heteroatoms. The van der Waals surface area contributed by atoms with Gasteiger partial charge in [0.05, 0.1) is 14.2 Å². The first-order valence-corrected chi connectivity index (χ1v) is 16.1. The standard InChI is InChI=1S/C38H36N2O2/c1-37-26-14-27(30-21-10-9-20(29(26)30)28(21)19(15-39)16-40)38(37,2)34-25-13-24(33(34)37)31-32(25)36(42-4)23-12-18-8-6-5-7-17(18)11-22(23)35(31)41-3/h5-8,11-12,20-21,24-27,29-30,33-34H,9-10,13-14H2,1-4H3/t20-,21+,24+,25?,26-,27?,29?,30?,33?,34?,37-,38+/m1/s1. The molecule has 0 N–H and O–H groups in total. The van der Waals surface area contributed by atoms with E-state index in [1.54, 1.807) is 0 Å². The van der Waals surface area contributed by atoms with Crippen molar-refractivity contribution in [1.29, 1.82) is 10.5 Å². The zero-order valence-corrected chi connectivity index (χ0v) is 24.8. The van der Waals surface area contributed by atoms with Crippen LogP contribution in [0.1, 0.15) is 62.5 Å². The molecule has 0 heterocycles. The third-order valence-electron chi connectivity index (χ3n) is 15.1. The van der Waals surface area contributed by atoms with Crippen molar-refractivity contribution in [2.45, 2.75) is 51.4 Å². The van der Waals surface area contributed by atoms with E-state index < -0.39 is 0 Å². The summed E-state index contributed by atoms with van der Waals surface area (Å²) >= 11 is 0. The van der Waals surface area contributed by atoms with Gasteiger partial charge < -0.3 is 9.47 Å². The number of ether oxygens (including phenoxy) is 2. The van der Waals surface area contributed by atoms with Gasteiger partial charge in [0.15, 0.2) is 0 Å². The number of rotatable bonds is 2. The van der Waals surface area contributed by atoms with Gasteiger partial charge in [-0.2, -0.15) is 10.5 Å². The lowest BCUT2D eigenvalue weighted by atomic mass is 9.30. The van der Waals surface area contributed by atoms with Gasteiger partial charge in [0.2, 0.25) is 0 Å². The minimum atomic E-state index is 0.298. The predicted octanol–water partition coefficient (Wildman–Crippen LogP) is 8.12. The molecule has 0 saturated heterocycles. The Bertz CT molecular complexity index is 1780. The summed E-state index contributed by atoms with van der Waals surface area (Å²) in [6, 6.07) is 17.9. The molecule has 0 aliphatic heterocycles. The number of hydrogen-bond acceptors (Lipinski definition) is 4. The Morgan fingerprint density at radius 3 is 1.64 bits per heavy atom. The second-order valence-corrected chi connectivity index (χ2v) is 15.2. The van der Waals surface area contributed by atoms with E-state index in [9.17, 15) is 10.5 Å². The maximum atomic E-state index is 9.87. The van der Waals surface area contributed by atoms with Crippen LogP contribution in [0.3, 0.4) is 0 Å². The smallest absolute Gasteiger partial charge is 0.130 e. The largest absolute Gasteiger partial charge is 0.496 e. The fraction of sp³-hybridized carbons (Fsp3) is 0.526. The first-order chi connectivity index (χ1) is 20.4. The molecular formula is C38H36N2O2. The molecule has 3 aromatic rings. The molecule has 12 atom stereocenters. The van der Waals surface area contributed by atoms with Crippen LogP contribution in [0, 0.1) is 80.8 Å². The van der Waals surface area contributed by atoms with Gasteiger partial charge >= 0.3 is 0 Å². The lowest BCUT2D eigenvalue weighted by Gasteiger charge is -2.73. The van der Waals surface area contributed by atoms with E-state index >= 15 is 0 Å². The molecule has 42 heavy (non-hydrogen) atoms. The summed E-state index contributed by atoms with van der Waals surface area (Å²) in [5.41, 5.74) is 5.18. The first kappa shape index (κ1) is 24.0. The van der Waals surface area contributed by atoms with Crippen molar-refractivity contribution < 1.29 is 9.47 Å². The molecule has 6 unspecified atom stereocenters. The Balaban J connectivity index is 1.17. The van der Waals surface area contributed by atoms with Crippen LogP contribution >= 0.6 is 0 Å². The number of benzene rings is 3. The Labute approximate surface area is 247 Å². The summed E-state index contributed by atoms with van der Waals surface area (Å²) in [6.07, 6.45) is 4.93. The van der Waals surface area contributed by atoms with Gasteiger partial charge in [-0.15, -0.1) is 0 Å². The highest BCUT2D eigenvalue weighted by Gasteiger charge is 2.87. The maximum absolute atomic E-state index is 9.87. The number of hydrogen-bond donors (Lipinski definition) is 0. The monoisotopic (exact) mass is 552 g/mol. The Hall–Kier alpha value is -3.50. The minimum Gasteiger partial charge on any atom is -0.496 e. The van der Waals surface area contributed by atoms with Crippen molar-refractivity contribution in [3.63, 3.8) is 0 Å². The quantitative estimate of drug-likeness (QED) is 0.139. The summed E-state index contributed by atoms with van der Waals surface area (Å²) in [5.74, 6) is 8.16. The highest BCUT2D eigenvalue weighted by atomic mass is 16.5. The van der Waals surface area contributed by atoms with Crippen molar-refractivity contribution in [3.05, 3.63) is 58.7 Å². The van der Waals surface area contributed by atoms with Gasteiger partial charge in [0.25, 0.3) is 0 Å². The average molecular weight is 553 g/mol. The van der Waals surface area contributed by atoms with E-state index in [2.05, 4.69) is 62.4 Å². The summed E-state index contributed by atoms with van der Waals surface area (Å²) in [4.78, 5) is 0. The van der Waals surface area contributed by atoms with Crippen LogP contribution in [-0.2, 0) is 0 Å². The highest BCUT2D eigenvalue weighted by molar-refractivity contribution is 6.05. The van der Waals surface area contributed by atoms with Crippen molar-refractivity contribution in [2.75, 3.05) is 14.2 Å². The number of allylic oxidation sites excluding steroid dienone is 2. The molecule has 6 saturated carbocycles. The number of fused-ring (bicyclic) bond motifs is 24. The van der Waals surface area contributed by atoms with Crippen molar-refractivity contribution >= 4 is 21.5 Å². The van der Waals surface area contributed by atoms with Gasteiger partial charge in [-0.3, -0.25) is 0 Å². The molecule has 7 aliphatic carbocycles. The van der Waals surface area contributed by atoms with E-state index in [0.717, 1.165) is 11.5 Å². The molecule has 0 amide bonds. The van der Waals surface area contributed by atoms with E-state index in [4.69, 9.17) is 9.47 Å². The third-order valence-corrected chi connectivity index (χ3v) is 15.1. The van der Waals surface area contributed by atoms with Crippen LogP contribution < -0.4 is 9.47 Å². The number of nitrogens with zero attached hydrogens (tertiary/aromatic N) is 2. The van der Waals surface area contributed by atoms with E-state index in [0.29, 0.717) is 75.6 Å². The summed E-state index contributed by atoms with van der Waals surface area (Å²) < 4.78 is 12.7. The molecule has 4 nitrogen and oxygen atoms in total. The SMILES string of the molecule is COc1c2c(c(OC)c3cc4ccccc4cc13)[C@@H]1CC2C2C1[C@@]1(C)[C@@H]3CC(C4C3[C@@H]3CC[C@H]4C3=C(C#N)C#N)[C@@]21C. The number of nitriles is 2. The molecule has 7 aliphatic rings. The van der Waals surface area contributed by atoms with Crippen molar-refractivity contribution in [2.24, 2.45) is 58.2 Å². The Morgan fingerprint density at radius 1 is 0.738 bits per heavy atom. The highest BCUT2D eigenvalue weighted by Crippen LogP contribution is 2.93. The second-order valence-electron chi connectivity index (χ2n) is 15.2. The molecule has 6 fully saturated rings. The average Bonchev–Trinajstić information content (AvgIpc) is 3.84. The minimum absolute atomic E-state index is 0.298. The van der Waals surface area contributed by atoms with Crippen LogP contribution in [0.2, 0.25) is 0 Å². The molecule has 6 bridgehead atoms. The van der Waals surface area contributed by atoms with Gasteiger partial charge in [0, 0.05) is 21.9 Å². The van der Waals surface area contributed by atoms with Crippen LogP contribution in [0.5, 0.6) is 11.5 Å². The molecular weight excluding hydrogens is 516 g/mol. The van der Waals surface area contributed by atoms with Crippen molar-refractivity contribution in [1.82, 2.24) is 0 Å². The molecule has 0 spiro atoms. The van der Waals surface area contributed by atoms with Crippen molar-refractivity contribution in [3.8, 4) is 23.6 Å². The molecule has 0 aromatic heterocycles. The van der Waals surface area contributed by atoms with Gasteiger partial charge in [-0.1, -0.05) is 38.1 Å². The molecule has 3 aromatic carbocycles. The van der Waals surface area contributed by atoms with Gasteiger partial charge in [-0.05, 0) is 124 Å². The van der Waals surface area contributed by atoms with Gasteiger partial charge in [0.1, 0.15) is 29.2 Å². The molecule has 210 valence electrons. The molecule has 0 radical (unpaired) electrons. The zero-order valence-electron chi connectivity index (χ0n) is 24.8.